The van der Waals surface area contributed by atoms with Gasteiger partial charge in [-0.05, 0) is 25.7 Å². The molecule has 2 N–H and O–H groups in total. The maximum absolute atomic E-state index is 11.9. The summed E-state index contributed by atoms with van der Waals surface area (Å²) in [5.41, 5.74) is 0. The molecule has 0 unspecified atom stereocenters. The number of carbonyl (C=O) groups is 1. The van der Waals surface area contributed by atoms with E-state index in [2.05, 4.69) is 5.32 Å². The van der Waals surface area contributed by atoms with Gasteiger partial charge < -0.3 is 15.3 Å². The first-order valence-corrected chi connectivity index (χ1v) is 6.12. The Hall–Kier alpha value is -0.820. The summed E-state index contributed by atoms with van der Waals surface area (Å²) in [5.74, 6) is -0.322. The molecule has 0 saturated heterocycles. The molecule has 1 rings (SSSR count). The minimum absolute atomic E-state index is 0.0213. The van der Waals surface area contributed by atoms with Crippen LogP contribution in [0.25, 0.3) is 0 Å². The minimum atomic E-state index is -4.30. The van der Waals surface area contributed by atoms with E-state index in [0.29, 0.717) is 13.0 Å². The molecule has 0 spiro atoms. The highest BCUT2D eigenvalue weighted by Gasteiger charge is 2.30. The van der Waals surface area contributed by atoms with Gasteiger partial charge in [0.15, 0.2) is 0 Å². The monoisotopic (exact) mass is 268 g/mol. The molecule has 0 aromatic heterocycles. The van der Waals surface area contributed by atoms with Crippen LogP contribution in [-0.2, 0) is 4.79 Å². The van der Waals surface area contributed by atoms with E-state index in [1.165, 1.54) is 0 Å². The molecule has 1 aliphatic rings. The number of amides is 1. The molecule has 0 aliphatic heterocycles. The summed E-state index contributed by atoms with van der Waals surface area (Å²) in [6.07, 6.45) is -0.995. The molecular weight excluding hydrogens is 249 g/mol. The van der Waals surface area contributed by atoms with E-state index in [9.17, 15) is 18.0 Å². The highest BCUT2D eigenvalue weighted by atomic mass is 19.4. The number of nitrogens with zero attached hydrogens (tertiary/aromatic N) is 1. The van der Waals surface area contributed by atoms with E-state index >= 15 is 0 Å². The fraction of sp³-hybridized carbons (Fsp3) is 0.909. The Labute approximate surface area is 104 Å². The third-order valence-corrected chi connectivity index (χ3v) is 2.99. The topological polar surface area (TPSA) is 52.6 Å². The van der Waals surface area contributed by atoms with Crippen molar-refractivity contribution in [2.75, 3.05) is 26.2 Å². The molecule has 0 atom stereocenters. The van der Waals surface area contributed by atoms with Crippen LogP contribution in [0.3, 0.4) is 0 Å². The van der Waals surface area contributed by atoms with Gasteiger partial charge in [-0.1, -0.05) is 0 Å². The van der Waals surface area contributed by atoms with Gasteiger partial charge in [-0.3, -0.25) is 4.79 Å². The van der Waals surface area contributed by atoms with Crippen LogP contribution in [0, 0.1) is 0 Å². The number of aliphatic hydroxyl groups excluding tert-OH is 1. The molecule has 1 fully saturated rings. The number of hydrogen-bond acceptors (Lipinski definition) is 3. The standard InChI is InChI=1S/C11H19F3N2O2/c12-11(13,14)8-15-7-10(18)16(5-2-6-17)9-3-1-4-9/h9,15,17H,1-8H2. The Morgan fingerprint density at radius 2 is 2.06 bits per heavy atom. The SMILES string of the molecule is O=C(CNCC(F)(F)F)N(CCCO)C1CCC1. The van der Waals surface area contributed by atoms with E-state index in [4.69, 9.17) is 5.11 Å². The maximum Gasteiger partial charge on any atom is 0.401 e. The first-order valence-electron chi connectivity index (χ1n) is 6.12. The lowest BCUT2D eigenvalue weighted by Crippen LogP contribution is -2.49. The molecule has 0 radical (unpaired) electrons. The van der Waals surface area contributed by atoms with Crippen LogP contribution in [0.4, 0.5) is 13.2 Å². The van der Waals surface area contributed by atoms with Gasteiger partial charge in [0.25, 0.3) is 0 Å². The van der Waals surface area contributed by atoms with Crippen LogP contribution >= 0.6 is 0 Å². The average molecular weight is 268 g/mol. The van der Waals surface area contributed by atoms with Gasteiger partial charge in [0.05, 0.1) is 13.1 Å². The van der Waals surface area contributed by atoms with Crippen molar-refractivity contribution in [3.63, 3.8) is 0 Å². The molecule has 7 heteroatoms. The highest BCUT2D eigenvalue weighted by molar-refractivity contribution is 5.78. The fourth-order valence-corrected chi connectivity index (χ4v) is 1.86. The van der Waals surface area contributed by atoms with Crippen molar-refractivity contribution in [1.29, 1.82) is 0 Å². The summed E-state index contributed by atoms with van der Waals surface area (Å²) < 4.78 is 35.8. The summed E-state index contributed by atoms with van der Waals surface area (Å²) in [7, 11) is 0. The minimum Gasteiger partial charge on any atom is -0.396 e. The first-order chi connectivity index (χ1) is 8.44. The average Bonchev–Trinajstić information content (AvgIpc) is 2.19. The van der Waals surface area contributed by atoms with Gasteiger partial charge in [-0.15, -0.1) is 0 Å². The van der Waals surface area contributed by atoms with Gasteiger partial charge in [0.1, 0.15) is 0 Å². The number of halogens is 3. The summed E-state index contributed by atoms with van der Waals surface area (Å²) >= 11 is 0. The van der Waals surface area contributed by atoms with Crippen molar-refractivity contribution in [2.45, 2.75) is 37.9 Å². The van der Waals surface area contributed by atoms with Gasteiger partial charge in [0, 0.05) is 19.2 Å². The third-order valence-electron chi connectivity index (χ3n) is 2.99. The van der Waals surface area contributed by atoms with Crippen LogP contribution < -0.4 is 5.32 Å². The van der Waals surface area contributed by atoms with Crippen molar-refractivity contribution in [3.8, 4) is 0 Å². The number of rotatable bonds is 7. The second-order valence-corrected chi connectivity index (χ2v) is 4.47. The smallest absolute Gasteiger partial charge is 0.396 e. The first kappa shape index (κ1) is 15.2. The zero-order valence-electron chi connectivity index (χ0n) is 10.2. The van der Waals surface area contributed by atoms with Gasteiger partial charge in [-0.25, -0.2) is 0 Å². The van der Waals surface area contributed by atoms with Crippen LogP contribution in [0.5, 0.6) is 0 Å². The molecule has 0 bridgehead atoms. The number of aliphatic hydroxyl groups is 1. The zero-order valence-corrected chi connectivity index (χ0v) is 10.2. The predicted molar refractivity (Wildman–Crippen MR) is 60.0 cm³/mol. The third kappa shape index (κ3) is 5.22. The van der Waals surface area contributed by atoms with E-state index < -0.39 is 12.7 Å². The predicted octanol–water partition coefficient (Wildman–Crippen LogP) is 0.902. The Bertz CT molecular complexity index is 268. The van der Waals surface area contributed by atoms with Crippen LogP contribution in [-0.4, -0.2) is 54.4 Å². The van der Waals surface area contributed by atoms with E-state index in [-0.39, 0.29) is 25.1 Å². The Morgan fingerprint density at radius 3 is 2.50 bits per heavy atom. The maximum atomic E-state index is 11.9. The lowest BCUT2D eigenvalue weighted by atomic mass is 9.91. The second kappa shape index (κ2) is 6.94. The zero-order chi connectivity index (χ0) is 13.6. The van der Waals surface area contributed by atoms with E-state index in [1.807, 2.05) is 0 Å². The van der Waals surface area contributed by atoms with Crippen LogP contribution in [0.2, 0.25) is 0 Å². The number of hydrogen-bond donors (Lipinski definition) is 2. The largest absolute Gasteiger partial charge is 0.401 e. The molecule has 1 aliphatic carbocycles. The Balaban J connectivity index is 2.34. The lowest BCUT2D eigenvalue weighted by molar-refractivity contribution is -0.137. The van der Waals surface area contributed by atoms with Crippen molar-refractivity contribution < 1.29 is 23.1 Å². The van der Waals surface area contributed by atoms with Crippen molar-refractivity contribution in [2.24, 2.45) is 0 Å². The molecule has 106 valence electrons. The fourth-order valence-electron chi connectivity index (χ4n) is 1.86. The Morgan fingerprint density at radius 1 is 1.39 bits per heavy atom. The molecular formula is C11H19F3N2O2. The molecule has 18 heavy (non-hydrogen) atoms. The number of alkyl halides is 3. The summed E-state index contributed by atoms with van der Waals surface area (Å²) in [5, 5.41) is 10.9. The number of carbonyl (C=O) groups excluding carboxylic acids is 1. The summed E-state index contributed by atoms with van der Waals surface area (Å²) in [6.45, 7) is -1.07. The Kier molecular flexibility index (Phi) is 5.87. The molecule has 0 aromatic rings. The van der Waals surface area contributed by atoms with Crippen molar-refractivity contribution in [1.82, 2.24) is 10.2 Å². The molecule has 4 nitrogen and oxygen atoms in total. The highest BCUT2D eigenvalue weighted by Crippen LogP contribution is 2.24. The molecule has 0 aromatic carbocycles. The lowest BCUT2D eigenvalue weighted by Gasteiger charge is -2.37. The van der Waals surface area contributed by atoms with Gasteiger partial charge in [-0.2, -0.15) is 13.2 Å². The van der Waals surface area contributed by atoms with Crippen molar-refractivity contribution >= 4 is 5.91 Å². The molecule has 0 heterocycles. The quantitative estimate of drug-likeness (QED) is 0.721. The number of nitrogens with one attached hydrogen (secondary N) is 1. The molecule has 1 saturated carbocycles. The van der Waals surface area contributed by atoms with Gasteiger partial charge in [0.2, 0.25) is 5.91 Å². The van der Waals surface area contributed by atoms with E-state index in [0.717, 1.165) is 19.3 Å². The van der Waals surface area contributed by atoms with E-state index in [1.54, 1.807) is 4.90 Å². The normalized spacial score (nSPS) is 16.4. The second-order valence-electron chi connectivity index (χ2n) is 4.47. The van der Waals surface area contributed by atoms with Crippen LogP contribution in [0.15, 0.2) is 0 Å². The molecule has 1 amide bonds. The summed E-state index contributed by atoms with van der Waals surface area (Å²) in [6, 6.07) is 0.136. The van der Waals surface area contributed by atoms with Gasteiger partial charge >= 0.3 is 6.18 Å². The summed E-state index contributed by atoms with van der Waals surface area (Å²) in [4.78, 5) is 13.4. The van der Waals surface area contributed by atoms with Crippen molar-refractivity contribution in [3.05, 3.63) is 0 Å². The van der Waals surface area contributed by atoms with Crippen LogP contribution in [0.1, 0.15) is 25.7 Å².